The molecule has 0 unspecified atom stereocenters. The molecule has 3 aromatic rings. The summed E-state index contributed by atoms with van der Waals surface area (Å²) < 4.78 is 12.5. The predicted molar refractivity (Wildman–Crippen MR) is 95.1 cm³/mol. The Morgan fingerprint density at radius 1 is 1.31 bits per heavy atom. The van der Waals surface area contributed by atoms with Crippen molar-refractivity contribution in [2.45, 2.75) is 25.2 Å². The number of carbonyl (C=O) groups is 1. The number of hydrogen-bond acceptors (Lipinski definition) is 7. The van der Waals surface area contributed by atoms with Gasteiger partial charge in [-0.05, 0) is 36.8 Å². The van der Waals surface area contributed by atoms with Crippen LogP contribution in [0.15, 0.2) is 52.2 Å². The van der Waals surface area contributed by atoms with Crippen LogP contribution in [0.2, 0.25) is 0 Å². The third-order valence-corrected chi connectivity index (χ3v) is 4.52. The largest absolute Gasteiger partial charge is 0.461 e. The summed E-state index contributed by atoms with van der Waals surface area (Å²) in [6, 6.07) is 12.6. The van der Waals surface area contributed by atoms with Crippen molar-refractivity contribution in [1.82, 2.24) is 14.8 Å². The number of nitriles is 1. The smallest absolute Gasteiger partial charge is 0.316 e. The van der Waals surface area contributed by atoms with Crippen LogP contribution in [0.3, 0.4) is 0 Å². The number of carbonyl (C=O) groups excluding carboxylic acids is 1. The summed E-state index contributed by atoms with van der Waals surface area (Å²) in [6.45, 7) is 2.80. The lowest BCUT2D eigenvalue weighted by molar-refractivity contribution is -0.141. The minimum atomic E-state index is -0.343. The van der Waals surface area contributed by atoms with Crippen LogP contribution >= 0.6 is 11.8 Å². The molecule has 0 saturated heterocycles. The summed E-state index contributed by atoms with van der Waals surface area (Å²) in [5.41, 5.74) is 1.40. The molecule has 2 aromatic heterocycles. The van der Waals surface area contributed by atoms with Gasteiger partial charge in [0.15, 0.2) is 16.7 Å². The number of esters is 1. The summed E-state index contributed by atoms with van der Waals surface area (Å²) in [7, 11) is 0. The second-order valence-electron chi connectivity index (χ2n) is 5.29. The van der Waals surface area contributed by atoms with E-state index in [0.717, 1.165) is 5.56 Å². The number of thioether (sulfide) groups is 1. The molecule has 0 fully saturated rings. The zero-order chi connectivity index (χ0) is 18.4. The number of aromatic nitrogens is 3. The molecule has 7 nitrogen and oxygen atoms in total. The van der Waals surface area contributed by atoms with Crippen molar-refractivity contribution >= 4 is 17.7 Å². The van der Waals surface area contributed by atoms with Gasteiger partial charge in [-0.1, -0.05) is 23.9 Å². The van der Waals surface area contributed by atoms with Crippen LogP contribution < -0.4 is 0 Å². The van der Waals surface area contributed by atoms with Gasteiger partial charge in [-0.3, -0.25) is 9.36 Å². The normalized spacial score (nSPS) is 10.5. The van der Waals surface area contributed by atoms with Gasteiger partial charge in [0.2, 0.25) is 0 Å². The second-order valence-corrected chi connectivity index (χ2v) is 6.23. The molecule has 0 radical (unpaired) electrons. The molecule has 8 heteroatoms. The Bertz CT molecular complexity index is 911. The fourth-order valence-corrected chi connectivity index (χ4v) is 3.07. The molecule has 0 aliphatic heterocycles. The van der Waals surface area contributed by atoms with E-state index in [0.29, 0.717) is 28.8 Å². The molecule has 0 bridgehead atoms. The predicted octanol–water partition coefficient (Wildman–Crippen LogP) is 3.27. The van der Waals surface area contributed by atoms with Gasteiger partial charge in [0.05, 0.1) is 23.6 Å². The van der Waals surface area contributed by atoms with E-state index in [9.17, 15) is 4.79 Å². The highest BCUT2D eigenvalue weighted by atomic mass is 32.2. The van der Waals surface area contributed by atoms with Crippen molar-refractivity contribution in [1.29, 1.82) is 5.26 Å². The number of ether oxygens (including phenoxy) is 1. The topological polar surface area (TPSA) is 93.9 Å². The van der Waals surface area contributed by atoms with Crippen molar-refractivity contribution in [2.75, 3.05) is 5.75 Å². The number of hydrogen-bond donors (Lipinski definition) is 0. The minimum absolute atomic E-state index is 0.132. The van der Waals surface area contributed by atoms with Gasteiger partial charge >= 0.3 is 5.97 Å². The Hall–Kier alpha value is -3.05. The maximum absolute atomic E-state index is 12.0. The van der Waals surface area contributed by atoms with Gasteiger partial charge < -0.3 is 9.15 Å². The Kier molecular flexibility index (Phi) is 5.71. The van der Waals surface area contributed by atoms with Gasteiger partial charge in [-0.15, -0.1) is 10.2 Å². The minimum Gasteiger partial charge on any atom is -0.461 e. The molecule has 132 valence electrons. The number of furan rings is 1. The lowest BCUT2D eigenvalue weighted by Crippen LogP contribution is -2.08. The van der Waals surface area contributed by atoms with Crippen LogP contribution in [0.25, 0.3) is 11.6 Å². The zero-order valence-corrected chi connectivity index (χ0v) is 14.9. The highest BCUT2D eigenvalue weighted by Crippen LogP contribution is 2.24. The lowest BCUT2D eigenvalue weighted by Gasteiger charge is -2.06. The van der Waals surface area contributed by atoms with Crippen LogP contribution in [-0.2, 0) is 22.7 Å². The van der Waals surface area contributed by atoms with E-state index in [1.165, 1.54) is 11.8 Å². The summed E-state index contributed by atoms with van der Waals surface area (Å²) in [4.78, 5) is 12.0. The molecule has 26 heavy (non-hydrogen) atoms. The maximum Gasteiger partial charge on any atom is 0.316 e. The number of benzene rings is 1. The third-order valence-electron chi connectivity index (χ3n) is 3.58. The van der Waals surface area contributed by atoms with E-state index in [1.807, 2.05) is 23.6 Å². The summed E-state index contributed by atoms with van der Waals surface area (Å²) in [5.74, 6) is 1.05. The molecule has 0 aliphatic carbocycles. The summed E-state index contributed by atoms with van der Waals surface area (Å²) in [5, 5.41) is 17.7. The molecule has 3 rings (SSSR count). The Balaban J connectivity index is 1.55. The van der Waals surface area contributed by atoms with Crippen LogP contribution in [-0.4, -0.2) is 26.5 Å². The van der Waals surface area contributed by atoms with E-state index >= 15 is 0 Å². The first-order chi connectivity index (χ1) is 12.7. The SMILES string of the molecule is CCn1c(SCC(=O)OCc2ccc(C#N)cc2)nnc1-c1ccco1. The first-order valence-electron chi connectivity index (χ1n) is 7.95. The van der Waals surface area contributed by atoms with Crippen LogP contribution in [0.1, 0.15) is 18.1 Å². The molecule has 0 amide bonds. The van der Waals surface area contributed by atoms with Gasteiger partial charge in [0.1, 0.15) is 6.61 Å². The van der Waals surface area contributed by atoms with Crippen molar-refractivity contribution in [3.63, 3.8) is 0 Å². The maximum atomic E-state index is 12.0. The molecule has 0 atom stereocenters. The monoisotopic (exact) mass is 368 g/mol. The molecular formula is C18H16N4O3S. The highest BCUT2D eigenvalue weighted by Gasteiger charge is 2.16. The first-order valence-corrected chi connectivity index (χ1v) is 8.94. The van der Waals surface area contributed by atoms with Crippen molar-refractivity contribution in [3.8, 4) is 17.7 Å². The molecular weight excluding hydrogens is 352 g/mol. The lowest BCUT2D eigenvalue weighted by atomic mass is 10.2. The van der Waals surface area contributed by atoms with Crippen molar-refractivity contribution in [3.05, 3.63) is 53.8 Å². The van der Waals surface area contributed by atoms with E-state index < -0.39 is 0 Å². The Morgan fingerprint density at radius 3 is 2.77 bits per heavy atom. The third kappa shape index (κ3) is 4.13. The Labute approximate surface area is 154 Å². The highest BCUT2D eigenvalue weighted by molar-refractivity contribution is 7.99. The quantitative estimate of drug-likeness (QED) is 0.466. The average Bonchev–Trinajstić information content (AvgIpc) is 3.34. The van der Waals surface area contributed by atoms with Crippen LogP contribution in [0.4, 0.5) is 0 Å². The summed E-state index contributed by atoms with van der Waals surface area (Å²) >= 11 is 1.27. The first kappa shape index (κ1) is 17.8. The van der Waals surface area contributed by atoms with Crippen LogP contribution in [0.5, 0.6) is 0 Å². The fourth-order valence-electron chi connectivity index (χ4n) is 2.27. The Morgan fingerprint density at radius 2 is 2.12 bits per heavy atom. The number of rotatable bonds is 7. The van der Waals surface area contributed by atoms with Gasteiger partial charge in [-0.2, -0.15) is 5.26 Å². The number of nitrogens with zero attached hydrogens (tertiary/aromatic N) is 4. The van der Waals surface area contributed by atoms with Gasteiger partial charge in [0.25, 0.3) is 0 Å². The van der Waals surface area contributed by atoms with E-state index in [-0.39, 0.29) is 18.3 Å². The van der Waals surface area contributed by atoms with Crippen molar-refractivity contribution < 1.29 is 13.9 Å². The molecule has 0 spiro atoms. The molecule has 1 aromatic carbocycles. The van der Waals surface area contributed by atoms with Crippen molar-refractivity contribution in [2.24, 2.45) is 0 Å². The molecule has 2 heterocycles. The standard InChI is InChI=1S/C18H16N4O3S/c1-2-22-17(15-4-3-9-24-15)20-21-18(22)26-12-16(23)25-11-14-7-5-13(10-19)6-8-14/h3-9H,2,11-12H2,1H3. The molecule has 0 N–H and O–H groups in total. The zero-order valence-electron chi connectivity index (χ0n) is 14.1. The van der Waals surface area contributed by atoms with Gasteiger partial charge in [-0.25, -0.2) is 0 Å². The van der Waals surface area contributed by atoms with E-state index in [2.05, 4.69) is 10.2 Å². The molecule has 0 saturated carbocycles. The van der Waals surface area contributed by atoms with E-state index in [4.69, 9.17) is 14.4 Å². The fraction of sp³-hybridized carbons (Fsp3) is 0.222. The van der Waals surface area contributed by atoms with E-state index in [1.54, 1.807) is 36.6 Å². The van der Waals surface area contributed by atoms with Gasteiger partial charge in [0, 0.05) is 6.54 Å². The van der Waals surface area contributed by atoms with Crippen LogP contribution in [0, 0.1) is 11.3 Å². The molecule has 0 aliphatic rings. The second kappa shape index (κ2) is 8.36. The summed E-state index contributed by atoms with van der Waals surface area (Å²) in [6.07, 6.45) is 1.58. The average molecular weight is 368 g/mol.